The zero-order chi connectivity index (χ0) is 24.1. The summed E-state index contributed by atoms with van der Waals surface area (Å²) in [5, 5.41) is 24.3. The summed E-state index contributed by atoms with van der Waals surface area (Å²) in [7, 11) is 2.05. The van der Waals surface area contributed by atoms with Crippen molar-refractivity contribution in [1.82, 2.24) is 29.6 Å². The highest BCUT2D eigenvalue weighted by molar-refractivity contribution is 5.73. The summed E-state index contributed by atoms with van der Waals surface area (Å²) in [6.45, 7) is 9.13. The number of phenols is 1. The first kappa shape index (κ1) is 22.3. The van der Waals surface area contributed by atoms with Crippen molar-refractivity contribution in [3.63, 3.8) is 0 Å². The number of aromatic nitrogens is 5. The predicted octanol–water partition coefficient (Wildman–Crippen LogP) is 4.95. The van der Waals surface area contributed by atoms with Gasteiger partial charge in [-0.05, 0) is 71.2 Å². The zero-order valence-electron chi connectivity index (χ0n) is 20.4. The molecule has 5 rings (SSSR count). The molecule has 8 heteroatoms. The molecule has 0 radical (unpaired) electrons. The molecule has 0 spiro atoms. The molecule has 1 N–H and O–H groups in total. The van der Waals surface area contributed by atoms with Gasteiger partial charge in [-0.25, -0.2) is 9.99 Å². The number of nitrogens with zero attached hydrogens (tertiary/aromatic N) is 7. The van der Waals surface area contributed by atoms with Crippen LogP contribution in [0.25, 0.3) is 28.2 Å². The maximum Gasteiger partial charge on any atom is 0.165 e. The Morgan fingerprint density at radius 3 is 2.38 bits per heavy atom. The lowest BCUT2D eigenvalue weighted by Crippen LogP contribution is -2.64. The number of hydrogen-bond acceptors (Lipinski definition) is 7. The van der Waals surface area contributed by atoms with E-state index in [2.05, 4.69) is 64.9 Å². The number of aromatic hydroxyl groups is 1. The van der Waals surface area contributed by atoms with Crippen LogP contribution in [0.3, 0.4) is 0 Å². The van der Waals surface area contributed by atoms with E-state index >= 15 is 0 Å². The van der Waals surface area contributed by atoms with E-state index in [-0.39, 0.29) is 16.8 Å². The fraction of sp³-hybridized carbons (Fsp3) is 0.385. The number of hydrazine groups is 1. The Hall–Kier alpha value is -3.52. The van der Waals surface area contributed by atoms with E-state index in [1.54, 1.807) is 18.5 Å². The lowest BCUT2D eigenvalue weighted by atomic mass is 9.81. The van der Waals surface area contributed by atoms with Crippen LogP contribution in [0, 0.1) is 0 Å². The fourth-order valence-corrected chi connectivity index (χ4v) is 5.43. The van der Waals surface area contributed by atoms with Gasteiger partial charge in [0.05, 0.1) is 17.6 Å². The van der Waals surface area contributed by atoms with E-state index in [4.69, 9.17) is 0 Å². The molecule has 3 aromatic heterocycles. The van der Waals surface area contributed by atoms with Crippen LogP contribution in [-0.2, 0) is 0 Å². The summed E-state index contributed by atoms with van der Waals surface area (Å²) >= 11 is 0. The third-order valence-corrected chi connectivity index (χ3v) is 6.84. The number of imidazole rings is 1. The summed E-state index contributed by atoms with van der Waals surface area (Å²) in [6, 6.07) is 9.38. The lowest BCUT2D eigenvalue weighted by Gasteiger charge is -2.56. The second kappa shape index (κ2) is 8.06. The van der Waals surface area contributed by atoms with Gasteiger partial charge in [0.1, 0.15) is 5.75 Å². The van der Waals surface area contributed by atoms with Gasteiger partial charge in [-0.2, -0.15) is 0 Å². The number of piperidine rings is 1. The molecule has 1 saturated heterocycles. The minimum atomic E-state index is 0.0267. The highest BCUT2D eigenvalue weighted by Gasteiger charge is 2.44. The zero-order valence-corrected chi connectivity index (χ0v) is 20.4. The van der Waals surface area contributed by atoms with E-state index in [1.165, 1.54) is 6.42 Å². The summed E-state index contributed by atoms with van der Waals surface area (Å²) in [4.78, 5) is 8.68. The molecule has 1 aromatic carbocycles. The minimum Gasteiger partial charge on any atom is -0.507 e. The molecule has 0 bridgehead atoms. The third-order valence-electron chi connectivity index (χ3n) is 6.84. The number of rotatable bonds is 4. The summed E-state index contributed by atoms with van der Waals surface area (Å²) < 4.78 is 1.90. The Kier molecular flexibility index (Phi) is 5.28. The van der Waals surface area contributed by atoms with Gasteiger partial charge in [-0.3, -0.25) is 9.99 Å². The van der Waals surface area contributed by atoms with E-state index in [9.17, 15) is 5.11 Å². The SMILES string of the molecule is CN(c1ccc(-c2ccc(-c3cn4ccncc4n3)cc2O)nn1)N1C(C)(C)CCCC1(C)C. The smallest absolute Gasteiger partial charge is 0.165 e. The van der Waals surface area contributed by atoms with Crippen molar-refractivity contribution in [2.75, 3.05) is 12.1 Å². The molecular weight excluding hydrogens is 426 g/mol. The van der Waals surface area contributed by atoms with E-state index in [0.29, 0.717) is 11.3 Å². The third kappa shape index (κ3) is 3.88. The summed E-state index contributed by atoms with van der Waals surface area (Å²) in [5.41, 5.74) is 3.66. The first-order chi connectivity index (χ1) is 16.2. The van der Waals surface area contributed by atoms with Crippen LogP contribution < -0.4 is 5.01 Å². The first-order valence-corrected chi connectivity index (χ1v) is 11.7. The molecule has 0 saturated carbocycles. The van der Waals surface area contributed by atoms with Gasteiger partial charge in [0.25, 0.3) is 0 Å². The van der Waals surface area contributed by atoms with Crippen LogP contribution >= 0.6 is 0 Å². The van der Waals surface area contributed by atoms with Gasteiger partial charge < -0.3 is 9.51 Å². The van der Waals surface area contributed by atoms with E-state index in [1.807, 2.05) is 41.1 Å². The molecule has 0 atom stereocenters. The molecule has 4 heterocycles. The standard InChI is InChI=1S/C26H31N7O/c1-25(2)11-6-12-26(3,4)33(25)31(5)23-10-9-20(29-30-23)19-8-7-18(15-22(19)34)21-17-32-14-13-27-16-24(32)28-21/h7-10,13-17,34H,6,11-12H2,1-5H3. The highest BCUT2D eigenvalue weighted by atomic mass is 16.3. The topological polar surface area (TPSA) is 82.7 Å². The van der Waals surface area contributed by atoms with Crippen molar-refractivity contribution in [3.05, 3.63) is 55.1 Å². The Labute approximate surface area is 199 Å². The summed E-state index contributed by atoms with van der Waals surface area (Å²) in [6.07, 6.45) is 10.7. The van der Waals surface area contributed by atoms with Crippen LogP contribution in [0.1, 0.15) is 47.0 Å². The molecule has 1 fully saturated rings. The molecule has 34 heavy (non-hydrogen) atoms. The summed E-state index contributed by atoms with van der Waals surface area (Å²) in [5.74, 6) is 0.919. The second-order valence-electron chi connectivity index (χ2n) is 10.3. The Morgan fingerprint density at radius 1 is 0.971 bits per heavy atom. The Balaban J connectivity index is 1.41. The fourth-order valence-electron chi connectivity index (χ4n) is 5.43. The van der Waals surface area contributed by atoms with Crippen molar-refractivity contribution < 1.29 is 5.11 Å². The second-order valence-corrected chi connectivity index (χ2v) is 10.3. The van der Waals surface area contributed by atoms with Gasteiger partial charge >= 0.3 is 0 Å². The number of fused-ring (bicyclic) bond motifs is 1. The van der Waals surface area contributed by atoms with Crippen molar-refractivity contribution in [2.24, 2.45) is 0 Å². The average molecular weight is 458 g/mol. The molecule has 0 amide bonds. The minimum absolute atomic E-state index is 0.0267. The molecule has 4 aromatic rings. The lowest BCUT2D eigenvalue weighted by molar-refractivity contribution is -0.0332. The van der Waals surface area contributed by atoms with Crippen LogP contribution in [0.5, 0.6) is 5.75 Å². The molecule has 0 unspecified atom stereocenters. The van der Waals surface area contributed by atoms with Crippen LogP contribution in [0.2, 0.25) is 0 Å². The Bertz CT molecular complexity index is 1280. The molecular formula is C26H31N7O. The normalized spacial score (nSPS) is 17.7. The monoisotopic (exact) mass is 457 g/mol. The van der Waals surface area contributed by atoms with Crippen molar-refractivity contribution in [1.29, 1.82) is 0 Å². The largest absolute Gasteiger partial charge is 0.507 e. The molecule has 8 nitrogen and oxygen atoms in total. The Morgan fingerprint density at radius 2 is 1.74 bits per heavy atom. The molecule has 176 valence electrons. The quantitative estimate of drug-likeness (QED) is 0.464. The van der Waals surface area contributed by atoms with E-state index < -0.39 is 0 Å². The molecule has 1 aliphatic rings. The molecule has 1 aliphatic heterocycles. The van der Waals surface area contributed by atoms with Gasteiger partial charge in [0, 0.05) is 47.8 Å². The van der Waals surface area contributed by atoms with Crippen LogP contribution in [0.4, 0.5) is 5.82 Å². The highest BCUT2D eigenvalue weighted by Crippen LogP contribution is 2.40. The maximum atomic E-state index is 10.8. The van der Waals surface area contributed by atoms with Crippen LogP contribution in [0.15, 0.2) is 55.1 Å². The number of hydrogen-bond donors (Lipinski definition) is 1. The van der Waals surface area contributed by atoms with Gasteiger partial charge in [0.2, 0.25) is 0 Å². The predicted molar refractivity (Wildman–Crippen MR) is 133 cm³/mol. The number of benzene rings is 1. The van der Waals surface area contributed by atoms with Crippen molar-refractivity contribution >= 4 is 11.5 Å². The number of anilines is 1. The molecule has 0 aliphatic carbocycles. The van der Waals surface area contributed by atoms with Gasteiger partial charge in [-0.15, -0.1) is 10.2 Å². The number of phenolic OH excluding ortho intramolecular Hbond substituents is 1. The van der Waals surface area contributed by atoms with Crippen molar-refractivity contribution in [3.8, 4) is 28.3 Å². The van der Waals surface area contributed by atoms with Gasteiger partial charge in [0.15, 0.2) is 11.5 Å². The average Bonchev–Trinajstić information content (AvgIpc) is 3.22. The van der Waals surface area contributed by atoms with E-state index in [0.717, 1.165) is 35.6 Å². The van der Waals surface area contributed by atoms with Crippen LogP contribution in [-0.4, -0.2) is 52.8 Å². The maximum absolute atomic E-state index is 10.8. The first-order valence-electron chi connectivity index (χ1n) is 11.7. The van der Waals surface area contributed by atoms with Crippen molar-refractivity contribution in [2.45, 2.75) is 58.0 Å². The van der Waals surface area contributed by atoms with Gasteiger partial charge in [-0.1, -0.05) is 6.07 Å².